The average Bonchev–Trinajstić information content (AvgIpc) is 3.25. The monoisotopic (exact) mass is 493 g/mol. The Morgan fingerprint density at radius 3 is 2.74 bits per heavy atom. The van der Waals surface area contributed by atoms with E-state index in [1.165, 1.54) is 17.0 Å². The largest absolute Gasteiger partial charge is 0.417 e. The van der Waals surface area contributed by atoms with Crippen LogP contribution in [0.25, 0.3) is 11.4 Å². The first-order chi connectivity index (χ1) is 16.1. The molecule has 1 atom stereocenters. The molecule has 1 amide bonds. The molecule has 0 radical (unpaired) electrons. The van der Waals surface area contributed by atoms with Crippen molar-refractivity contribution < 1.29 is 22.7 Å². The summed E-state index contributed by atoms with van der Waals surface area (Å²) in [5, 5.41) is 3.98. The molecule has 180 valence electrons. The van der Waals surface area contributed by atoms with Crippen LogP contribution in [0.5, 0.6) is 0 Å². The molecule has 1 aliphatic rings. The summed E-state index contributed by atoms with van der Waals surface area (Å²) in [5.74, 6) is -0.0600. The van der Waals surface area contributed by atoms with E-state index in [0.29, 0.717) is 42.5 Å². The van der Waals surface area contributed by atoms with Gasteiger partial charge in [-0.05, 0) is 38.5 Å². The van der Waals surface area contributed by atoms with Crippen LogP contribution in [0.3, 0.4) is 0 Å². The zero-order valence-electron chi connectivity index (χ0n) is 18.9. The first kappa shape index (κ1) is 24.2. The Bertz CT molecular complexity index is 1230. The molecular weight excluding hydrogens is 471 g/mol. The van der Waals surface area contributed by atoms with E-state index in [-0.39, 0.29) is 18.2 Å². The zero-order valence-corrected chi connectivity index (χ0v) is 19.6. The van der Waals surface area contributed by atoms with E-state index in [9.17, 15) is 18.0 Å². The highest BCUT2D eigenvalue weighted by atomic mass is 35.5. The lowest BCUT2D eigenvalue weighted by Gasteiger charge is -2.35. The van der Waals surface area contributed by atoms with Crippen molar-refractivity contribution in [2.75, 3.05) is 13.7 Å². The van der Waals surface area contributed by atoms with Crippen LogP contribution in [0.2, 0.25) is 5.02 Å². The number of methoxy groups -OCH3 is 1. The fourth-order valence-corrected chi connectivity index (χ4v) is 4.39. The highest BCUT2D eigenvalue weighted by molar-refractivity contribution is 6.34. The molecule has 2 aromatic heterocycles. The Balaban J connectivity index is 1.67. The highest BCUT2D eigenvalue weighted by Gasteiger charge is 2.37. The minimum absolute atomic E-state index is 0.128. The van der Waals surface area contributed by atoms with E-state index >= 15 is 0 Å². The number of amides is 1. The molecule has 34 heavy (non-hydrogen) atoms. The molecule has 1 aliphatic heterocycles. The number of aromatic nitrogens is 4. The van der Waals surface area contributed by atoms with Gasteiger partial charge in [0.05, 0.1) is 47.2 Å². The summed E-state index contributed by atoms with van der Waals surface area (Å²) in [6.45, 7) is 4.83. The Morgan fingerprint density at radius 1 is 1.26 bits per heavy atom. The van der Waals surface area contributed by atoms with Crippen molar-refractivity contribution in [1.82, 2.24) is 24.6 Å². The van der Waals surface area contributed by atoms with Crippen LogP contribution in [0.15, 0.2) is 30.5 Å². The van der Waals surface area contributed by atoms with Gasteiger partial charge in [-0.15, -0.1) is 0 Å². The Hall–Kier alpha value is -2.98. The molecule has 0 fully saturated rings. The van der Waals surface area contributed by atoms with E-state index < -0.39 is 22.7 Å². The van der Waals surface area contributed by atoms with Crippen molar-refractivity contribution in [3.05, 3.63) is 63.7 Å². The quantitative estimate of drug-likeness (QED) is 0.521. The predicted octanol–water partition coefficient (Wildman–Crippen LogP) is 4.55. The van der Waals surface area contributed by atoms with Crippen LogP contribution in [-0.4, -0.2) is 50.3 Å². The number of halogens is 4. The van der Waals surface area contributed by atoms with Crippen molar-refractivity contribution in [3.8, 4) is 11.4 Å². The van der Waals surface area contributed by atoms with Crippen LogP contribution < -0.4 is 0 Å². The number of hydrogen-bond acceptors (Lipinski definition) is 5. The van der Waals surface area contributed by atoms with Gasteiger partial charge in [0.2, 0.25) is 0 Å². The molecule has 0 unspecified atom stereocenters. The number of hydrogen-bond donors (Lipinski definition) is 0. The van der Waals surface area contributed by atoms with E-state index in [2.05, 4.69) is 15.1 Å². The molecule has 3 heterocycles. The predicted molar refractivity (Wildman–Crippen MR) is 119 cm³/mol. The van der Waals surface area contributed by atoms with Gasteiger partial charge in [0.15, 0.2) is 0 Å². The molecule has 0 saturated carbocycles. The standard InChI is InChI=1S/C23H23ClF3N5O2/c1-13-11-16-19(28-14(2)29-21(16)18-7-8-31(30-18)9-10-34-3)12-32(13)22(33)15-5-4-6-17(20(15)24)23(25,26)27/h4-8,13H,9-12H2,1-3H3/t13-/m0/s1. The molecule has 3 aromatic rings. The van der Waals surface area contributed by atoms with Crippen LogP contribution in [0, 0.1) is 6.92 Å². The number of nitrogens with zero attached hydrogens (tertiary/aromatic N) is 5. The summed E-state index contributed by atoms with van der Waals surface area (Å²) in [6.07, 6.45) is -2.38. The number of fused-ring (bicyclic) bond motifs is 1. The zero-order chi connectivity index (χ0) is 24.6. The smallest absolute Gasteiger partial charge is 0.383 e. The van der Waals surface area contributed by atoms with Gasteiger partial charge in [0, 0.05) is 24.9 Å². The molecular formula is C23H23ClF3N5O2. The molecule has 0 aliphatic carbocycles. The molecule has 0 saturated heterocycles. The lowest BCUT2D eigenvalue weighted by atomic mass is 9.95. The van der Waals surface area contributed by atoms with Crippen LogP contribution in [0.4, 0.5) is 13.2 Å². The van der Waals surface area contributed by atoms with Crippen LogP contribution >= 0.6 is 11.6 Å². The molecule has 0 bridgehead atoms. The second-order valence-corrected chi connectivity index (χ2v) is 8.53. The number of ether oxygens (including phenoxy) is 1. The maximum Gasteiger partial charge on any atom is 0.417 e. The Labute approximate surface area is 199 Å². The van der Waals surface area contributed by atoms with E-state index in [1.54, 1.807) is 18.7 Å². The number of alkyl halides is 3. The van der Waals surface area contributed by atoms with Gasteiger partial charge in [0.1, 0.15) is 11.5 Å². The van der Waals surface area contributed by atoms with Gasteiger partial charge in [-0.1, -0.05) is 17.7 Å². The number of carbonyl (C=O) groups is 1. The minimum atomic E-state index is -4.65. The van der Waals surface area contributed by atoms with Crippen LogP contribution in [-0.2, 0) is 30.4 Å². The number of carbonyl (C=O) groups excluding carboxylic acids is 1. The molecule has 7 nitrogen and oxygen atoms in total. The maximum absolute atomic E-state index is 13.3. The van der Waals surface area contributed by atoms with Crippen molar-refractivity contribution >= 4 is 17.5 Å². The van der Waals surface area contributed by atoms with E-state index in [1.807, 2.05) is 19.2 Å². The molecule has 0 N–H and O–H groups in total. The Kier molecular flexibility index (Phi) is 6.64. The SMILES string of the molecule is COCCn1ccc(-c2nc(C)nc3c2C[C@H](C)N(C(=O)c2cccc(C(F)(F)F)c2Cl)C3)n1. The van der Waals surface area contributed by atoms with Gasteiger partial charge in [-0.25, -0.2) is 9.97 Å². The lowest BCUT2D eigenvalue weighted by molar-refractivity contribution is -0.137. The van der Waals surface area contributed by atoms with Gasteiger partial charge in [0.25, 0.3) is 5.91 Å². The van der Waals surface area contributed by atoms with Gasteiger partial charge < -0.3 is 9.64 Å². The summed E-state index contributed by atoms with van der Waals surface area (Å²) in [6, 6.07) is 4.91. The lowest BCUT2D eigenvalue weighted by Crippen LogP contribution is -2.43. The fourth-order valence-electron chi connectivity index (χ4n) is 4.07. The van der Waals surface area contributed by atoms with Crippen molar-refractivity contribution in [2.45, 2.75) is 45.6 Å². The molecule has 4 rings (SSSR count). The third-order valence-electron chi connectivity index (χ3n) is 5.76. The molecule has 0 spiro atoms. The first-order valence-electron chi connectivity index (χ1n) is 10.7. The van der Waals surface area contributed by atoms with Crippen molar-refractivity contribution in [1.29, 1.82) is 0 Å². The summed E-state index contributed by atoms with van der Waals surface area (Å²) < 4.78 is 46.7. The normalized spacial score (nSPS) is 16.0. The third kappa shape index (κ3) is 4.65. The summed E-state index contributed by atoms with van der Waals surface area (Å²) in [7, 11) is 1.62. The minimum Gasteiger partial charge on any atom is -0.383 e. The second kappa shape index (κ2) is 9.34. The Morgan fingerprint density at radius 2 is 2.03 bits per heavy atom. The van der Waals surface area contributed by atoms with Crippen molar-refractivity contribution in [3.63, 3.8) is 0 Å². The topological polar surface area (TPSA) is 73.1 Å². The number of benzene rings is 1. The van der Waals surface area contributed by atoms with Crippen LogP contribution in [0.1, 0.15) is 39.9 Å². The number of rotatable bonds is 5. The van der Waals surface area contributed by atoms with Crippen molar-refractivity contribution in [2.24, 2.45) is 0 Å². The summed E-state index contributed by atoms with van der Waals surface area (Å²) in [4.78, 5) is 23.9. The molecule has 1 aromatic carbocycles. The van der Waals surface area contributed by atoms with Gasteiger partial charge >= 0.3 is 6.18 Å². The third-order valence-corrected chi connectivity index (χ3v) is 6.17. The second-order valence-electron chi connectivity index (χ2n) is 8.15. The fraction of sp³-hybridized carbons (Fsp3) is 0.391. The van der Waals surface area contributed by atoms with E-state index in [0.717, 1.165) is 11.6 Å². The van der Waals surface area contributed by atoms with Gasteiger partial charge in [-0.3, -0.25) is 9.48 Å². The van der Waals surface area contributed by atoms with E-state index in [4.69, 9.17) is 16.3 Å². The highest BCUT2D eigenvalue weighted by Crippen LogP contribution is 2.37. The summed E-state index contributed by atoms with van der Waals surface area (Å²) in [5.41, 5.74) is 1.67. The average molecular weight is 494 g/mol. The summed E-state index contributed by atoms with van der Waals surface area (Å²) >= 11 is 6.01. The first-order valence-corrected chi connectivity index (χ1v) is 11.0. The maximum atomic E-state index is 13.3. The van der Waals surface area contributed by atoms with Gasteiger partial charge in [-0.2, -0.15) is 18.3 Å². The molecule has 11 heteroatoms. The number of aryl methyl sites for hydroxylation is 1.